The maximum atomic E-state index is 12.2. The summed E-state index contributed by atoms with van der Waals surface area (Å²) in [5.41, 5.74) is 1.93. The molecule has 1 N–H and O–H groups in total. The number of benzene rings is 2. The molecule has 0 aliphatic carbocycles. The molecule has 0 bridgehead atoms. The van der Waals surface area contributed by atoms with Crippen LogP contribution in [0, 0.1) is 0 Å². The smallest absolute Gasteiger partial charge is 0.237 e. The second kappa shape index (κ2) is 7.74. The monoisotopic (exact) mass is 301 g/mol. The largest absolute Gasteiger partial charge is 0.495 e. The van der Waals surface area contributed by atoms with Gasteiger partial charge in [0.1, 0.15) is 5.75 Å². The van der Waals surface area contributed by atoms with E-state index in [-0.39, 0.29) is 11.2 Å². The molecule has 0 aliphatic heterocycles. The molecule has 2 aromatic rings. The second-order valence-corrected chi connectivity index (χ2v) is 5.96. The van der Waals surface area contributed by atoms with E-state index in [1.54, 1.807) is 18.9 Å². The van der Waals surface area contributed by atoms with Gasteiger partial charge in [0, 0.05) is 5.75 Å². The number of carbonyl (C=O) groups excluding carboxylic acids is 1. The zero-order valence-electron chi connectivity index (χ0n) is 12.2. The Morgan fingerprint density at radius 1 is 1.14 bits per heavy atom. The van der Waals surface area contributed by atoms with Crippen LogP contribution >= 0.6 is 11.8 Å². The van der Waals surface area contributed by atoms with Crippen LogP contribution in [0.5, 0.6) is 5.75 Å². The van der Waals surface area contributed by atoms with Crippen molar-refractivity contribution in [3.05, 3.63) is 60.2 Å². The van der Waals surface area contributed by atoms with E-state index < -0.39 is 0 Å². The molecule has 1 amide bonds. The first-order valence-electron chi connectivity index (χ1n) is 6.80. The molecule has 0 unspecified atom stereocenters. The number of hydrogen-bond donors (Lipinski definition) is 1. The van der Waals surface area contributed by atoms with Crippen molar-refractivity contribution in [2.75, 3.05) is 12.4 Å². The van der Waals surface area contributed by atoms with Gasteiger partial charge in [-0.2, -0.15) is 0 Å². The molecule has 0 spiro atoms. The Hall–Kier alpha value is -1.94. The lowest BCUT2D eigenvalue weighted by Crippen LogP contribution is -2.22. The first-order valence-corrected chi connectivity index (χ1v) is 7.85. The predicted molar refractivity (Wildman–Crippen MR) is 88.8 cm³/mol. The van der Waals surface area contributed by atoms with Crippen LogP contribution in [0.2, 0.25) is 0 Å². The lowest BCUT2D eigenvalue weighted by molar-refractivity contribution is -0.115. The molecule has 3 nitrogen and oxygen atoms in total. The number of anilines is 1. The second-order valence-electron chi connectivity index (χ2n) is 4.63. The number of rotatable bonds is 6. The van der Waals surface area contributed by atoms with E-state index in [0.29, 0.717) is 11.4 Å². The number of nitrogens with one attached hydrogen (secondary N) is 1. The first kappa shape index (κ1) is 15.4. The minimum Gasteiger partial charge on any atom is -0.495 e. The van der Waals surface area contributed by atoms with Crippen LogP contribution in [-0.4, -0.2) is 18.3 Å². The van der Waals surface area contributed by atoms with E-state index in [1.807, 2.05) is 49.4 Å². The van der Waals surface area contributed by atoms with Crippen LogP contribution in [0.3, 0.4) is 0 Å². The molecule has 0 radical (unpaired) electrons. The molecule has 2 rings (SSSR count). The summed E-state index contributed by atoms with van der Waals surface area (Å²) in [6.45, 7) is 1.92. The van der Waals surface area contributed by atoms with Crippen LogP contribution in [0.25, 0.3) is 0 Å². The topological polar surface area (TPSA) is 38.3 Å². The highest BCUT2D eigenvalue weighted by Gasteiger charge is 2.15. The maximum Gasteiger partial charge on any atom is 0.237 e. The third-order valence-electron chi connectivity index (χ3n) is 3.08. The van der Waals surface area contributed by atoms with E-state index in [2.05, 4.69) is 17.4 Å². The van der Waals surface area contributed by atoms with E-state index in [0.717, 1.165) is 5.75 Å². The van der Waals surface area contributed by atoms with E-state index in [1.165, 1.54) is 5.56 Å². The molecule has 0 saturated heterocycles. The summed E-state index contributed by atoms with van der Waals surface area (Å²) in [7, 11) is 1.60. The molecular weight excluding hydrogens is 282 g/mol. The fourth-order valence-electron chi connectivity index (χ4n) is 1.85. The summed E-state index contributed by atoms with van der Waals surface area (Å²) >= 11 is 1.62. The van der Waals surface area contributed by atoms with Gasteiger partial charge in [-0.15, -0.1) is 11.8 Å². The van der Waals surface area contributed by atoms with Crippen LogP contribution in [0.15, 0.2) is 54.6 Å². The Balaban J connectivity index is 1.90. The third-order valence-corrected chi connectivity index (χ3v) is 4.29. The molecule has 0 saturated carbocycles. The number of ether oxygens (including phenoxy) is 1. The molecule has 4 heteroatoms. The first-order chi connectivity index (χ1) is 10.2. The molecule has 0 aliphatic rings. The van der Waals surface area contributed by atoms with Crippen LogP contribution in [-0.2, 0) is 10.5 Å². The Morgan fingerprint density at radius 2 is 1.81 bits per heavy atom. The third kappa shape index (κ3) is 4.53. The van der Waals surface area contributed by atoms with E-state index in [9.17, 15) is 4.79 Å². The Bertz CT molecular complexity index is 586. The van der Waals surface area contributed by atoms with Crippen molar-refractivity contribution in [3.63, 3.8) is 0 Å². The van der Waals surface area contributed by atoms with Crippen molar-refractivity contribution >= 4 is 23.4 Å². The van der Waals surface area contributed by atoms with Crippen molar-refractivity contribution in [2.24, 2.45) is 0 Å². The summed E-state index contributed by atoms with van der Waals surface area (Å²) in [5, 5.41) is 2.78. The van der Waals surface area contributed by atoms with Crippen molar-refractivity contribution in [2.45, 2.75) is 17.9 Å². The fraction of sp³-hybridized carbons (Fsp3) is 0.235. The highest BCUT2D eigenvalue weighted by atomic mass is 32.2. The quantitative estimate of drug-likeness (QED) is 0.878. The summed E-state index contributed by atoms with van der Waals surface area (Å²) in [4.78, 5) is 12.2. The van der Waals surface area contributed by atoms with Gasteiger partial charge in [-0.3, -0.25) is 4.79 Å². The Morgan fingerprint density at radius 3 is 2.52 bits per heavy atom. The highest BCUT2D eigenvalue weighted by Crippen LogP contribution is 2.25. The van der Waals surface area contributed by atoms with Crippen LogP contribution < -0.4 is 10.1 Å². The van der Waals surface area contributed by atoms with Crippen LogP contribution in [0.1, 0.15) is 12.5 Å². The predicted octanol–water partition coefficient (Wildman–Crippen LogP) is 3.96. The Kier molecular flexibility index (Phi) is 5.69. The number of hydrogen-bond acceptors (Lipinski definition) is 3. The van der Waals surface area contributed by atoms with Gasteiger partial charge < -0.3 is 10.1 Å². The molecule has 0 aromatic heterocycles. The minimum atomic E-state index is -0.130. The number of methoxy groups -OCH3 is 1. The number of carbonyl (C=O) groups is 1. The number of para-hydroxylation sites is 2. The van der Waals surface area contributed by atoms with Crippen molar-refractivity contribution in [1.29, 1.82) is 0 Å². The van der Waals surface area contributed by atoms with Crippen molar-refractivity contribution in [1.82, 2.24) is 0 Å². The van der Waals surface area contributed by atoms with Gasteiger partial charge in [0.2, 0.25) is 5.91 Å². The van der Waals surface area contributed by atoms with Crippen molar-refractivity contribution < 1.29 is 9.53 Å². The average Bonchev–Trinajstić information content (AvgIpc) is 2.54. The average molecular weight is 301 g/mol. The molecular formula is C17H19NO2S. The number of amides is 1. The minimum absolute atomic E-state index is 0.0135. The molecule has 1 atom stereocenters. The summed E-state index contributed by atoms with van der Waals surface area (Å²) in [6, 6.07) is 17.6. The van der Waals surface area contributed by atoms with Gasteiger partial charge >= 0.3 is 0 Å². The molecule has 0 heterocycles. The highest BCUT2D eigenvalue weighted by molar-refractivity contribution is 7.99. The molecule has 21 heavy (non-hydrogen) atoms. The fourth-order valence-corrected chi connectivity index (χ4v) is 2.70. The normalized spacial score (nSPS) is 11.7. The Labute approximate surface area is 129 Å². The van der Waals surface area contributed by atoms with Gasteiger partial charge in [0.15, 0.2) is 0 Å². The maximum absolute atomic E-state index is 12.2. The molecule has 110 valence electrons. The van der Waals surface area contributed by atoms with E-state index >= 15 is 0 Å². The van der Waals surface area contributed by atoms with E-state index in [4.69, 9.17) is 4.74 Å². The lowest BCUT2D eigenvalue weighted by Gasteiger charge is -2.14. The van der Waals surface area contributed by atoms with Gasteiger partial charge in [-0.1, -0.05) is 42.5 Å². The number of thioether (sulfide) groups is 1. The molecule has 2 aromatic carbocycles. The van der Waals surface area contributed by atoms with Crippen LogP contribution in [0.4, 0.5) is 5.69 Å². The summed E-state index contributed by atoms with van der Waals surface area (Å²) < 4.78 is 5.23. The zero-order valence-corrected chi connectivity index (χ0v) is 13.0. The lowest BCUT2D eigenvalue weighted by atomic mass is 10.2. The van der Waals surface area contributed by atoms with Gasteiger partial charge in [-0.05, 0) is 24.6 Å². The molecule has 0 fully saturated rings. The summed E-state index contributed by atoms with van der Waals surface area (Å²) in [5.74, 6) is 1.48. The SMILES string of the molecule is COc1ccccc1NC(=O)[C@@H](C)SCc1ccccc1. The standard InChI is InChI=1S/C17H19NO2S/c1-13(21-12-14-8-4-3-5-9-14)17(19)18-15-10-6-7-11-16(15)20-2/h3-11,13H,12H2,1-2H3,(H,18,19)/t13-/m1/s1. The van der Waals surface area contributed by atoms with Gasteiger partial charge in [0.25, 0.3) is 0 Å². The zero-order chi connectivity index (χ0) is 15.1. The summed E-state index contributed by atoms with van der Waals surface area (Å²) in [6.07, 6.45) is 0. The van der Waals surface area contributed by atoms with Gasteiger partial charge in [-0.25, -0.2) is 0 Å². The van der Waals surface area contributed by atoms with Gasteiger partial charge in [0.05, 0.1) is 18.0 Å². The van der Waals surface area contributed by atoms with Crippen molar-refractivity contribution in [3.8, 4) is 5.75 Å².